The lowest BCUT2D eigenvalue weighted by molar-refractivity contribution is -0.121. The minimum atomic E-state index is 0. The number of Topliss-reactive ketones (excluding diaryl/α,β-unsaturated/α-hetero) is 1. The first-order valence-electron chi connectivity index (χ1n) is 12.0. The number of hydrogen-bond acceptors (Lipinski definition) is 9. The largest absolute Gasteiger partial charge is 0.299 e. The molecule has 0 aliphatic carbocycles. The maximum Gasteiger partial charge on any atom is 0.203 e. The molecule has 0 amide bonds. The molecule has 194 valence electrons. The van der Waals surface area contributed by atoms with Crippen molar-refractivity contribution in [2.75, 3.05) is 0 Å². The standard InChI is InChI=1S/C14H16N4O.C13H16N4.CH4/c1-9(2)13(19)8-11-4-6-12(7-5-11)14-17-15-10(3)16-18-14;1-9(2)8-11-4-6-12(7-5-11)13-16-14-10(3)15-17-13;/h4-7,9H,8H2,1-3H3;4-7,9H,8H2,1-3H3;1H4. The van der Waals surface area contributed by atoms with Crippen molar-refractivity contribution in [1.29, 1.82) is 0 Å². The van der Waals surface area contributed by atoms with Gasteiger partial charge >= 0.3 is 0 Å². The van der Waals surface area contributed by atoms with E-state index in [4.69, 9.17) is 0 Å². The van der Waals surface area contributed by atoms with Gasteiger partial charge in [-0.05, 0) is 37.3 Å². The average molecular weight is 501 g/mol. The SMILES string of the molecule is C.Cc1nnc(-c2ccc(CC(=O)C(C)C)cc2)nn1.Cc1nnc(-c2ccc(CC(C)C)cc2)nn1. The Hall–Kier alpha value is -4.01. The molecule has 0 fully saturated rings. The van der Waals surface area contributed by atoms with Gasteiger partial charge in [0, 0.05) is 23.5 Å². The second-order valence-electron chi connectivity index (χ2n) is 9.33. The molecule has 2 aromatic heterocycles. The van der Waals surface area contributed by atoms with E-state index in [1.54, 1.807) is 13.8 Å². The van der Waals surface area contributed by atoms with Crippen LogP contribution in [0.3, 0.4) is 0 Å². The summed E-state index contributed by atoms with van der Waals surface area (Å²) in [6.07, 6.45) is 1.55. The molecule has 0 unspecified atom stereocenters. The molecule has 0 bridgehead atoms. The van der Waals surface area contributed by atoms with E-state index >= 15 is 0 Å². The van der Waals surface area contributed by atoms with Crippen LogP contribution in [0, 0.1) is 25.7 Å². The minimum absolute atomic E-state index is 0. The third-order valence-corrected chi connectivity index (χ3v) is 5.25. The lowest BCUT2D eigenvalue weighted by Gasteiger charge is -2.05. The van der Waals surface area contributed by atoms with Gasteiger partial charge in [0.05, 0.1) is 0 Å². The quantitative estimate of drug-likeness (QED) is 0.342. The monoisotopic (exact) mass is 500 g/mol. The number of hydrogen-bond donors (Lipinski definition) is 0. The summed E-state index contributed by atoms with van der Waals surface area (Å²) in [7, 11) is 0. The molecule has 37 heavy (non-hydrogen) atoms. The second-order valence-corrected chi connectivity index (χ2v) is 9.33. The molecular formula is C28H36N8O. The molecule has 0 aliphatic rings. The van der Waals surface area contributed by atoms with Gasteiger partial charge in [-0.3, -0.25) is 4.79 Å². The molecule has 2 heterocycles. The van der Waals surface area contributed by atoms with Crippen molar-refractivity contribution in [3.63, 3.8) is 0 Å². The van der Waals surface area contributed by atoms with Crippen LogP contribution in [0.2, 0.25) is 0 Å². The summed E-state index contributed by atoms with van der Waals surface area (Å²) in [5, 5.41) is 31.5. The predicted molar refractivity (Wildman–Crippen MR) is 144 cm³/mol. The van der Waals surface area contributed by atoms with Crippen LogP contribution in [0.5, 0.6) is 0 Å². The highest BCUT2D eigenvalue weighted by Crippen LogP contribution is 2.17. The Bertz CT molecular complexity index is 1240. The van der Waals surface area contributed by atoms with Gasteiger partial charge in [0.2, 0.25) is 11.6 Å². The van der Waals surface area contributed by atoms with Crippen molar-refractivity contribution in [3.05, 3.63) is 71.3 Å². The van der Waals surface area contributed by atoms with Crippen molar-refractivity contribution in [3.8, 4) is 22.8 Å². The van der Waals surface area contributed by atoms with Gasteiger partial charge in [-0.15, -0.1) is 40.8 Å². The molecule has 0 radical (unpaired) electrons. The molecular weight excluding hydrogens is 464 g/mol. The van der Waals surface area contributed by atoms with Crippen LogP contribution >= 0.6 is 0 Å². The first-order chi connectivity index (χ1) is 17.2. The van der Waals surface area contributed by atoms with Gasteiger partial charge in [-0.25, -0.2) is 0 Å². The molecule has 9 heteroatoms. The molecule has 0 spiro atoms. The fourth-order valence-electron chi connectivity index (χ4n) is 3.23. The van der Waals surface area contributed by atoms with E-state index in [1.807, 2.05) is 50.2 Å². The maximum atomic E-state index is 11.7. The third kappa shape index (κ3) is 9.18. The summed E-state index contributed by atoms with van der Waals surface area (Å²) in [5.74, 6) is 3.17. The predicted octanol–water partition coefficient (Wildman–Crippen LogP) is 5.09. The van der Waals surface area contributed by atoms with E-state index in [1.165, 1.54) is 5.56 Å². The normalized spacial score (nSPS) is 10.5. The Balaban J connectivity index is 0.000000255. The number of benzene rings is 2. The number of carbonyl (C=O) groups is 1. The number of nitrogens with zero attached hydrogens (tertiary/aromatic N) is 8. The van der Waals surface area contributed by atoms with E-state index in [2.05, 4.69) is 66.8 Å². The Morgan fingerprint density at radius 2 is 1.00 bits per heavy atom. The van der Waals surface area contributed by atoms with Crippen LogP contribution in [0.4, 0.5) is 0 Å². The van der Waals surface area contributed by atoms with Gasteiger partial charge in [0.1, 0.15) is 5.78 Å². The molecule has 4 rings (SSSR count). The van der Waals surface area contributed by atoms with Crippen LogP contribution in [0.15, 0.2) is 48.5 Å². The van der Waals surface area contributed by atoms with Crippen LogP contribution < -0.4 is 0 Å². The van der Waals surface area contributed by atoms with Crippen molar-refractivity contribution < 1.29 is 4.79 Å². The zero-order chi connectivity index (χ0) is 26.1. The number of ketones is 1. The summed E-state index contributed by atoms with van der Waals surface area (Å²) in [4.78, 5) is 11.7. The van der Waals surface area contributed by atoms with Gasteiger partial charge in [0.15, 0.2) is 11.6 Å². The lowest BCUT2D eigenvalue weighted by Crippen LogP contribution is -2.10. The highest BCUT2D eigenvalue weighted by atomic mass is 16.1. The molecule has 0 atom stereocenters. The van der Waals surface area contributed by atoms with Crippen LogP contribution in [0.1, 0.15) is 57.9 Å². The van der Waals surface area contributed by atoms with E-state index in [-0.39, 0.29) is 19.1 Å². The fourth-order valence-corrected chi connectivity index (χ4v) is 3.23. The van der Waals surface area contributed by atoms with Gasteiger partial charge in [0.25, 0.3) is 0 Å². The molecule has 0 aliphatic heterocycles. The Labute approximate surface area is 219 Å². The highest BCUT2D eigenvalue weighted by molar-refractivity contribution is 5.82. The highest BCUT2D eigenvalue weighted by Gasteiger charge is 2.09. The second kappa shape index (κ2) is 13.9. The Morgan fingerprint density at radius 3 is 1.35 bits per heavy atom. The van der Waals surface area contributed by atoms with Crippen LogP contribution in [-0.4, -0.2) is 46.6 Å². The summed E-state index contributed by atoms with van der Waals surface area (Å²) < 4.78 is 0. The zero-order valence-electron chi connectivity index (χ0n) is 21.7. The lowest BCUT2D eigenvalue weighted by atomic mass is 10.0. The third-order valence-electron chi connectivity index (χ3n) is 5.25. The Morgan fingerprint density at radius 1 is 0.622 bits per heavy atom. The Kier molecular flexibility index (Phi) is 11.0. The van der Waals surface area contributed by atoms with Crippen LogP contribution in [0.25, 0.3) is 22.8 Å². The number of carbonyl (C=O) groups excluding carboxylic acids is 1. The minimum Gasteiger partial charge on any atom is -0.299 e. The zero-order valence-corrected chi connectivity index (χ0v) is 21.7. The van der Waals surface area contributed by atoms with Crippen molar-refractivity contribution in [2.24, 2.45) is 11.8 Å². The van der Waals surface area contributed by atoms with Gasteiger partial charge in [-0.2, -0.15) is 0 Å². The molecule has 0 saturated carbocycles. The van der Waals surface area contributed by atoms with E-state index in [0.29, 0.717) is 35.6 Å². The summed E-state index contributed by atoms with van der Waals surface area (Å²) in [6, 6.07) is 15.9. The van der Waals surface area contributed by atoms with Crippen molar-refractivity contribution in [1.82, 2.24) is 40.8 Å². The first-order valence-corrected chi connectivity index (χ1v) is 12.0. The maximum absolute atomic E-state index is 11.7. The first kappa shape index (κ1) is 29.2. The molecule has 0 saturated heterocycles. The fraction of sp³-hybridized carbons (Fsp3) is 0.393. The van der Waals surface area contributed by atoms with Crippen LogP contribution in [-0.2, 0) is 17.6 Å². The van der Waals surface area contributed by atoms with E-state index in [0.717, 1.165) is 23.1 Å². The summed E-state index contributed by atoms with van der Waals surface area (Å²) >= 11 is 0. The summed E-state index contributed by atoms with van der Waals surface area (Å²) in [5.41, 5.74) is 4.13. The number of aryl methyl sites for hydroxylation is 2. The van der Waals surface area contributed by atoms with Crippen molar-refractivity contribution in [2.45, 2.75) is 61.8 Å². The topological polar surface area (TPSA) is 120 Å². The number of rotatable bonds is 7. The van der Waals surface area contributed by atoms with Gasteiger partial charge in [-0.1, -0.05) is 83.7 Å². The molecule has 4 aromatic rings. The molecule has 0 N–H and O–H groups in total. The average Bonchev–Trinajstić information content (AvgIpc) is 2.86. The van der Waals surface area contributed by atoms with E-state index in [9.17, 15) is 4.79 Å². The van der Waals surface area contributed by atoms with Crippen molar-refractivity contribution >= 4 is 5.78 Å². The molecule has 2 aromatic carbocycles. The molecule has 9 nitrogen and oxygen atoms in total. The van der Waals surface area contributed by atoms with Gasteiger partial charge < -0.3 is 0 Å². The van der Waals surface area contributed by atoms with E-state index < -0.39 is 0 Å². The number of aromatic nitrogens is 8. The summed E-state index contributed by atoms with van der Waals surface area (Å²) in [6.45, 7) is 11.8. The smallest absolute Gasteiger partial charge is 0.203 e.